The molecule has 76 heavy (non-hydrogen) atoms. The van der Waals surface area contributed by atoms with Gasteiger partial charge in [-0.15, -0.1) is 0 Å². The summed E-state index contributed by atoms with van der Waals surface area (Å²) in [6, 6.07) is 54.8. The second-order valence-electron chi connectivity index (χ2n) is 29.3. The Hall–Kier alpha value is -5.34. The third-order valence-electron chi connectivity index (χ3n) is 21.4. The van der Waals surface area contributed by atoms with Crippen molar-refractivity contribution in [3.63, 3.8) is 0 Å². The number of nitrogens with zero attached hydrogens (tertiary/aromatic N) is 2. The summed E-state index contributed by atoms with van der Waals surface area (Å²) in [5.74, 6) is 6.50. The molecular formula is C74H88N2. The van der Waals surface area contributed by atoms with Crippen molar-refractivity contribution in [3.05, 3.63) is 167 Å². The fourth-order valence-electron chi connectivity index (χ4n) is 17.6. The first-order valence-electron chi connectivity index (χ1n) is 30.4. The van der Waals surface area contributed by atoms with Gasteiger partial charge < -0.3 is 9.80 Å². The highest BCUT2D eigenvalue weighted by Gasteiger charge is 2.53. The third kappa shape index (κ3) is 8.65. The van der Waals surface area contributed by atoms with Gasteiger partial charge >= 0.3 is 0 Å². The molecule has 0 N–H and O–H groups in total. The van der Waals surface area contributed by atoms with Crippen molar-refractivity contribution in [2.24, 2.45) is 40.9 Å². The van der Waals surface area contributed by atoms with Crippen molar-refractivity contribution in [1.82, 2.24) is 0 Å². The fourth-order valence-corrected chi connectivity index (χ4v) is 17.6. The average molecular weight is 1010 g/mol. The van der Waals surface area contributed by atoms with Gasteiger partial charge in [-0.3, -0.25) is 0 Å². The predicted molar refractivity (Wildman–Crippen MR) is 325 cm³/mol. The molecular weight excluding hydrogens is 917 g/mol. The van der Waals surface area contributed by atoms with Crippen LogP contribution in [0, 0.1) is 40.9 Å². The van der Waals surface area contributed by atoms with Gasteiger partial charge in [0.2, 0.25) is 0 Å². The average Bonchev–Trinajstić information content (AvgIpc) is 3.58. The molecule has 0 aromatic heterocycles. The van der Waals surface area contributed by atoms with Crippen LogP contribution in [0.15, 0.2) is 133 Å². The summed E-state index contributed by atoms with van der Waals surface area (Å²) in [6.45, 7) is 25.9. The normalized spacial score (nSPS) is 27.1. The minimum absolute atomic E-state index is 0.0452. The van der Waals surface area contributed by atoms with E-state index in [9.17, 15) is 0 Å². The van der Waals surface area contributed by atoms with Gasteiger partial charge in [0.25, 0.3) is 0 Å². The molecule has 1 atom stereocenters. The van der Waals surface area contributed by atoms with Gasteiger partial charge in [-0.05, 0) is 246 Å². The Bertz CT molecular complexity index is 3210. The molecule has 394 valence electrons. The van der Waals surface area contributed by atoms with E-state index in [-0.39, 0.29) is 21.7 Å². The maximum absolute atomic E-state index is 2.77. The van der Waals surface area contributed by atoms with Crippen LogP contribution in [0.5, 0.6) is 0 Å². The molecule has 8 aliphatic carbocycles. The number of hydrogen-bond donors (Lipinski definition) is 0. The van der Waals surface area contributed by atoms with Gasteiger partial charge in [0, 0.05) is 44.3 Å². The molecule has 1 unspecified atom stereocenters. The molecule has 0 saturated heterocycles. The number of hydrogen-bond acceptors (Lipinski definition) is 2. The van der Waals surface area contributed by atoms with Gasteiger partial charge in [-0.2, -0.15) is 0 Å². The molecule has 8 fully saturated rings. The van der Waals surface area contributed by atoms with Crippen molar-refractivity contribution in [2.45, 2.75) is 187 Å². The van der Waals surface area contributed by atoms with E-state index in [4.69, 9.17) is 0 Å². The van der Waals surface area contributed by atoms with Gasteiger partial charge in [0.1, 0.15) is 0 Å². The van der Waals surface area contributed by atoms with Crippen LogP contribution >= 0.6 is 0 Å². The van der Waals surface area contributed by atoms with Crippen molar-refractivity contribution in [3.8, 4) is 0 Å². The number of rotatable bonds is 11. The van der Waals surface area contributed by atoms with E-state index >= 15 is 0 Å². The van der Waals surface area contributed by atoms with Crippen molar-refractivity contribution in [1.29, 1.82) is 0 Å². The molecule has 2 nitrogen and oxygen atoms in total. The van der Waals surface area contributed by atoms with Crippen LogP contribution in [-0.4, -0.2) is 0 Å². The Morgan fingerprint density at radius 1 is 0.368 bits per heavy atom. The largest absolute Gasteiger partial charge is 0.309 e. The molecule has 7 aromatic rings. The van der Waals surface area contributed by atoms with Crippen molar-refractivity contribution >= 4 is 55.7 Å². The lowest BCUT2D eigenvalue weighted by atomic mass is 9.48. The molecule has 8 aliphatic rings. The van der Waals surface area contributed by atoms with Crippen LogP contribution < -0.4 is 9.80 Å². The summed E-state index contributed by atoms with van der Waals surface area (Å²) in [7, 11) is 0. The maximum Gasteiger partial charge on any atom is 0.0620 e. The van der Waals surface area contributed by atoms with Crippen molar-refractivity contribution in [2.75, 3.05) is 9.80 Å². The van der Waals surface area contributed by atoms with E-state index < -0.39 is 0 Å². The molecule has 0 aliphatic heterocycles. The molecule has 0 radical (unpaired) electrons. The summed E-state index contributed by atoms with van der Waals surface area (Å²) >= 11 is 0. The molecule has 8 saturated carbocycles. The number of benzene rings is 7. The Kier molecular flexibility index (Phi) is 12.1. The Balaban J connectivity index is 1.14. The highest BCUT2D eigenvalue weighted by molar-refractivity contribution is 6.23. The summed E-state index contributed by atoms with van der Waals surface area (Å²) in [5, 5.41) is 5.42. The lowest BCUT2D eigenvalue weighted by Crippen LogP contribution is -2.48. The zero-order valence-corrected chi connectivity index (χ0v) is 48.3. The van der Waals surface area contributed by atoms with Crippen LogP contribution in [0.2, 0.25) is 0 Å². The highest BCUT2D eigenvalue weighted by Crippen LogP contribution is 2.64. The summed E-state index contributed by atoms with van der Waals surface area (Å²) in [5.41, 5.74) is 16.9. The van der Waals surface area contributed by atoms with E-state index in [2.05, 4.69) is 219 Å². The maximum atomic E-state index is 2.77. The van der Waals surface area contributed by atoms with Gasteiger partial charge in [-0.25, -0.2) is 0 Å². The van der Waals surface area contributed by atoms with Crippen LogP contribution in [0.4, 0.5) is 34.1 Å². The summed E-state index contributed by atoms with van der Waals surface area (Å²) < 4.78 is 0. The Morgan fingerprint density at radius 3 is 0.961 bits per heavy atom. The van der Waals surface area contributed by atoms with Crippen molar-refractivity contribution < 1.29 is 0 Å². The van der Waals surface area contributed by atoms with E-state index in [1.807, 2.05) is 0 Å². The predicted octanol–water partition coefficient (Wildman–Crippen LogP) is 21.6. The molecule has 8 bridgehead atoms. The van der Waals surface area contributed by atoms with Gasteiger partial charge in [-0.1, -0.05) is 149 Å². The molecule has 7 aromatic carbocycles. The second kappa shape index (κ2) is 18.4. The molecule has 0 amide bonds. The highest BCUT2D eigenvalue weighted by atomic mass is 15.2. The van der Waals surface area contributed by atoms with E-state index in [1.165, 1.54) is 155 Å². The van der Waals surface area contributed by atoms with Crippen LogP contribution in [-0.2, 0) is 16.2 Å². The van der Waals surface area contributed by atoms with E-state index in [1.54, 1.807) is 11.1 Å². The van der Waals surface area contributed by atoms with E-state index in [0.29, 0.717) is 17.8 Å². The zero-order valence-electron chi connectivity index (χ0n) is 48.3. The summed E-state index contributed by atoms with van der Waals surface area (Å²) in [6.07, 6.45) is 16.7. The van der Waals surface area contributed by atoms with Crippen LogP contribution in [0.1, 0.15) is 204 Å². The first-order valence-corrected chi connectivity index (χ1v) is 30.4. The standard InChI is InChI=1S/C74H88N2/c1-46(2)55-12-22-61(23-13-55)75(63-26-16-57(17-27-63)48(5)71(6,7)8)69-65-30-20-60(74-43-52-35-53(44-74)37-54(36-52)45-74)39-68(65)70(66-31-21-59(38-67(66)69)73-40-49-32-50(41-73)34-51(33-49)42-73)76(62-24-14-56(15-25-62)47(3)4)64-28-18-58(19-29-64)72(9,10)11/h12-31,38-39,46-54H,32-37,40-45H2,1-11H3. The summed E-state index contributed by atoms with van der Waals surface area (Å²) in [4.78, 5) is 5.38. The first kappa shape index (κ1) is 50.2. The minimum Gasteiger partial charge on any atom is -0.309 e. The molecule has 0 spiro atoms. The SMILES string of the molecule is CC(C)c1ccc(N(c2ccc(C(C)C(C)(C)C)cc2)c2c3ccc(C45CC6CC(CC(C6)C4)C5)cc3c(N(c3ccc(C(C)C)cc3)c3ccc(C(C)(C)C)cc3)c3ccc(C45CC6CC(CC(C6)C4)C5)cc23)cc1. The molecule has 2 heteroatoms. The van der Waals surface area contributed by atoms with E-state index in [0.717, 1.165) is 35.5 Å². The lowest BCUT2D eigenvalue weighted by Gasteiger charge is -2.57. The lowest BCUT2D eigenvalue weighted by molar-refractivity contribution is -0.00525. The fraction of sp³-hybridized carbons (Fsp3) is 0.486. The number of fused-ring (bicyclic) bond motifs is 2. The molecule has 0 heterocycles. The first-order chi connectivity index (χ1) is 36.3. The number of anilines is 6. The Labute approximate surface area is 458 Å². The quantitative estimate of drug-likeness (QED) is 0.0941. The topological polar surface area (TPSA) is 6.48 Å². The van der Waals surface area contributed by atoms with Gasteiger partial charge in [0.05, 0.1) is 11.4 Å². The van der Waals surface area contributed by atoms with Crippen LogP contribution in [0.25, 0.3) is 21.5 Å². The smallest absolute Gasteiger partial charge is 0.0620 e. The zero-order chi connectivity index (χ0) is 52.6. The minimum atomic E-state index is 0.0452. The van der Waals surface area contributed by atoms with Gasteiger partial charge in [0.15, 0.2) is 0 Å². The van der Waals surface area contributed by atoms with Crippen LogP contribution in [0.3, 0.4) is 0 Å². The third-order valence-corrected chi connectivity index (χ3v) is 21.4. The second-order valence-corrected chi connectivity index (χ2v) is 29.3. The monoisotopic (exact) mass is 1000 g/mol. The molecule has 15 rings (SSSR count). The Morgan fingerprint density at radius 2 is 0.671 bits per heavy atom.